The first-order valence-corrected chi connectivity index (χ1v) is 39.4. The van der Waals surface area contributed by atoms with Gasteiger partial charge in [0, 0.05) is 65.7 Å². The molecule has 4 heterocycles. The van der Waals surface area contributed by atoms with Crippen molar-refractivity contribution in [2.45, 2.75) is 362 Å². The van der Waals surface area contributed by atoms with Gasteiger partial charge in [-0.05, 0) is 155 Å². The number of hydrogen-bond donors (Lipinski definition) is 4. The average molecular weight is 1800 g/mol. The molecular weight excluding hydrogens is 1690 g/mol. The third-order valence-electron chi connectivity index (χ3n) is 25.4. The van der Waals surface area contributed by atoms with Crippen LogP contribution in [0.15, 0.2) is 48.6 Å². The Balaban J connectivity index is 0.000000253. The molecule has 9 rings (SSSR count). The molecule has 9 fully saturated rings. The summed E-state index contributed by atoms with van der Waals surface area (Å²) in [5, 5.41) is 39.3. The number of carbonyl (C=O) groups is 8. The van der Waals surface area contributed by atoms with Crippen molar-refractivity contribution in [2.75, 3.05) is 0 Å². The van der Waals surface area contributed by atoms with Crippen LogP contribution in [0.1, 0.15) is 207 Å². The molecule has 8 bridgehead atoms. The highest BCUT2D eigenvalue weighted by molar-refractivity contribution is 5.89. The Morgan fingerprint density at radius 3 is 1.11 bits per heavy atom. The van der Waals surface area contributed by atoms with Crippen LogP contribution in [-0.4, -0.2) is 223 Å². The van der Waals surface area contributed by atoms with Crippen LogP contribution in [0.3, 0.4) is 0 Å². The van der Waals surface area contributed by atoms with E-state index in [9.17, 15) is 138 Å². The molecule has 0 aromatic carbocycles. The minimum Gasteiger partial charge on any atom is -0.458 e. The second-order valence-corrected chi connectivity index (χ2v) is 34.8. The van der Waals surface area contributed by atoms with Gasteiger partial charge in [-0.1, -0.05) is 53.0 Å². The average Bonchev–Trinajstić information content (AvgIpc) is 1.49. The standard InChI is InChI=1S/C21H26F6O6.C21H28F6O6.C19H24F6O6.C19H30O6/c1-10(2)16(28)31-15-9-13(12-8-14(15)32-17(12)29)18(6-4-5-7-18)33-11(3)19(30,20(22,23)24)21(25,26)27;1-6-18(7-2,33-11(5)19(30,20(22,23)24)21(25,26)27)13-9-15(31-16(28)10(3)4)14-8-12(13)17(29)32-14;1-8(2)14(26)29-13-7-11(10-6-12(13)30-15(10)27)16(4,5)31-9(3)17(28,18(20,21)22)19(23,24)25;1-11(2)15(20)23-13-8-9-19(10-14(13)24-16(19)21)18(6,7)25-12(3)17(4,5)22/h11-15,30H,1,4-9H2,2-3H3;11-15,30H,3,6-9H2,1-2,4-5H3;9-13,28H,1,6-7H2,2-5H3;12-14,22H,1,8-10H2,2-7H3. The van der Waals surface area contributed by atoms with E-state index < -0.39 is 238 Å². The van der Waals surface area contributed by atoms with Gasteiger partial charge in [-0.25, -0.2) is 19.2 Å². The number of fused-ring (bicyclic) bond motifs is 8. The van der Waals surface area contributed by atoms with Crippen LogP contribution in [0.2, 0.25) is 0 Å². The van der Waals surface area contributed by atoms with Gasteiger partial charge in [-0.15, -0.1) is 0 Å². The Bertz CT molecular complexity index is 3710. The number of halogens is 18. The van der Waals surface area contributed by atoms with Gasteiger partial charge >= 0.3 is 84.8 Å². The fourth-order valence-electron chi connectivity index (χ4n) is 17.8. The van der Waals surface area contributed by atoms with Crippen LogP contribution < -0.4 is 0 Å². The Morgan fingerprint density at radius 2 is 0.754 bits per heavy atom. The monoisotopic (exact) mass is 1790 g/mol. The first-order chi connectivity index (χ1) is 55.1. The van der Waals surface area contributed by atoms with Crippen molar-refractivity contribution < 1.29 is 195 Å². The first kappa shape index (κ1) is 104. The van der Waals surface area contributed by atoms with Crippen molar-refractivity contribution in [1.82, 2.24) is 0 Å². The Hall–Kier alpha value is -6.86. The molecule has 5 saturated carbocycles. The van der Waals surface area contributed by atoms with Gasteiger partial charge in [-0.2, -0.15) is 79.0 Å². The van der Waals surface area contributed by atoms with E-state index in [-0.39, 0.29) is 86.9 Å². The molecule has 0 amide bonds. The second kappa shape index (κ2) is 36.5. The molecule has 0 aromatic rings. The summed E-state index contributed by atoms with van der Waals surface area (Å²) in [4.78, 5) is 97.6. The van der Waals surface area contributed by atoms with Crippen molar-refractivity contribution in [1.29, 1.82) is 0 Å². The number of rotatable bonds is 26. The molecule has 24 nitrogen and oxygen atoms in total. The van der Waals surface area contributed by atoms with E-state index >= 15 is 0 Å². The molecule has 0 spiro atoms. The molecular formula is C80H108F18O24. The molecule has 0 aromatic heterocycles. The third-order valence-corrected chi connectivity index (χ3v) is 25.4. The van der Waals surface area contributed by atoms with E-state index in [1.165, 1.54) is 48.5 Å². The van der Waals surface area contributed by atoms with E-state index in [1.54, 1.807) is 27.7 Å². The van der Waals surface area contributed by atoms with Crippen molar-refractivity contribution in [2.24, 2.45) is 40.9 Å². The van der Waals surface area contributed by atoms with Crippen LogP contribution in [0, 0.1) is 40.9 Å². The van der Waals surface area contributed by atoms with Crippen molar-refractivity contribution in [3.63, 3.8) is 0 Å². The zero-order chi connectivity index (χ0) is 93.9. The van der Waals surface area contributed by atoms with Crippen molar-refractivity contribution in [3.05, 3.63) is 48.6 Å². The summed E-state index contributed by atoms with van der Waals surface area (Å²) in [6.45, 7) is 35.5. The Kier molecular flexibility index (Phi) is 31.1. The third kappa shape index (κ3) is 20.7. The van der Waals surface area contributed by atoms with Crippen molar-refractivity contribution in [3.8, 4) is 0 Å². The minimum atomic E-state index is -6.07. The van der Waals surface area contributed by atoms with E-state index in [0.29, 0.717) is 58.4 Å². The molecule has 4 saturated heterocycles. The normalized spacial score (nSPS) is 29.1. The molecule has 9 aliphatic rings. The molecule has 42 heteroatoms. The summed E-state index contributed by atoms with van der Waals surface area (Å²) in [5.41, 5.74) is -22.4. The number of esters is 8. The predicted molar refractivity (Wildman–Crippen MR) is 386 cm³/mol. The zero-order valence-corrected chi connectivity index (χ0v) is 70.1. The number of alkyl halides is 18. The highest BCUT2D eigenvalue weighted by Gasteiger charge is 2.78. The zero-order valence-electron chi connectivity index (χ0n) is 70.1. The molecule has 0 radical (unpaired) electrons. The van der Waals surface area contributed by atoms with Crippen LogP contribution in [-0.2, 0) is 95.2 Å². The van der Waals surface area contributed by atoms with Gasteiger partial charge < -0.3 is 77.3 Å². The lowest BCUT2D eigenvalue weighted by Gasteiger charge is -2.48. The van der Waals surface area contributed by atoms with Gasteiger partial charge in [-0.3, -0.25) is 19.2 Å². The number of carbonyl (C=O) groups excluding carboxylic acids is 8. The maximum absolute atomic E-state index is 13.4. The molecule has 122 heavy (non-hydrogen) atoms. The SMILES string of the molecule is C=C(C)C(=O)OC1CC(C(C)(C)OC(C)C(O)(C(F)(F)F)C(F)(F)F)C2CC1OC2=O.C=C(C)C(=O)OC1CC(C(CC)(CC)OC(C)C(O)(C(F)(F)F)C(F)(F)F)C2CC1OC2=O.C=C(C)C(=O)OC1CC(C2(OC(C)C(O)(C(F)(F)F)C(F)(F)F)CCCC2)C2CC1OC2=O.C=C(C)C(=O)OC1CCC2(C(C)(C)OC(C)C(C)(C)O)CC1OC2=O. The van der Waals surface area contributed by atoms with E-state index in [0.717, 1.165) is 0 Å². The van der Waals surface area contributed by atoms with Gasteiger partial charge in [0.15, 0.2) is 0 Å². The van der Waals surface area contributed by atoms with E-state index in [4.69, 9.17) is 56.8 Å². The molecule has 698 valence electrons. The van der Waals surface area contributed by atoms with Gasteiger partial charge in [0.05, 0.1) is 51.9 Å². The van der Waals surface area contributed by atoms with Crippen LogP contribution in [0.25, 0.3) is 0 Å². The van der Waals surface area contributed by atoms with Crippen molar-refractivity contribution >= 4 is 47.8 Å². The van der Waals surface area contributed by atoms with Crippen LogP contribution in [0.5, 0.6) is 0 Å². The molecule has 19 atom stereocenters. The lowest BCUT2D eigenvalue weighted by Crippen LogP contribution is -2.66. The van der Waals surface area contributed by atoms with Crippen LogP contribution >= 0.6 is 0 Å². The summed E-state index contributed by atoms with van der Waals surface area (Å²) in [7, 11) is 0. The summed E-state index contributed by atoms with van der Waals surface area (Å²) in [5.74, 6) is -10.5. The molecule has 4 aliphatic heterocycles. The first-order valence-electron chi connectivity index (χ1n) is 39.4. The smallest absolute Gasteiger partial charge is 0.428 e. The molecule has 4 N–H and O–H groups in total. The maximum atomic E-state index is 13.4. The van der Waals surface area contributed by atoms with E-state index in [1.807, 2.05) is 13.8 Å². The molecule has 19 unspecified atom stereocenters. The largest absolute Gasteiger partial charge is 0.458 e. The lowest BCUT2D eigenvalue weighted by atomic mass is 9.64. The summed E-state index contributed by atoms with van der Waals surface area (Å²) >= 11 is 0. The van der Waals surface area contributed by atoms with E-state index in [2.05, 4.69) is 26.3 Å². The fourth-order valence-corrected chi connectivity index (χ4v) is 17.8. The number of hydrogen-bond acceptors (Lipinski definition) is 24. The fraction of sp³-hybridized carbons (Fsp3) is 0.800. The topological polar surface area (TPSA) is 328 Å². The van der Waals surface area contributed by atoms with Crippen LogP contribution in [0.4, 0.5) is 79.0 Å². The highest BCUT2D eigenvalue weighted by Crippen LogP contribution is 2.59. The highest BCUT2D eigenvalue weighted by atomic mass is 19.4. The van der Waals surface area contributed by atoms with Gasteiger partial charge in [0.1, 0.15) is 72.6 Å². The summed E-state index contributed by atoms with van der Waals surface area (Å²) < 4.78 is 305. The Labute approximate surface area is 692 Å². The quantitative estimate of drug-likeness (QED) is 0.0270. The predicted octanol–water partition coefficient (Wildman–Crippen LogP) is 14.2. The molecule has 5 aliphatic carbocycles. The van der Waals surface area contributed by atoms with Gasteiger partial charge in [0.25, 0.3) is 16.8 Å². The Morgan fingerprint density at radius 1 is 0.426 bits per heavy atom. The summed E-state index contributed by atoms with van der Waals surface area (Å²) in [6, 6.07) is 0. The maximum Gasteiger partial charge on any atom is 0.428 e. The number of ether oxygens (including phenoxy) is 12. The van der Waals surface area contributed by atoms with Gasteiger partial charge in [0.2, 0.25) is 0 Å². The number of aliphatic hydroxyl groups is 4. The lowest BCUT2D eigenvalue weighted by molar-refractivity contribution is -0.402. The minimum absolute atomic E-state index is 0.0384. The summed E-state index contributed by atoms with van der Waals surface area (Å²) in [6.07, 6.45) is -48.8. The second-order valence-electron chi connectivity index (χ2n) is 34.8.